The summed E-state index contributed by atoms with van der Waals surface area (Å²) in [5.41, 5.74) is 1.16. The van der Waals surface area contributed by atoms with Crippen LogP contribution in [0.1, 0.15) is 49.6 Å². The lowest BCUT2D eigenvalue weighted by Gasteiger charge is -2.32. The number of amides is 3. The van der Waals surface area contributed by atoms with E-state index in [0.717, 1.165) is 17.7 Å². The first-order chi connectivity index (χ1) is 16.8. The number of halogens is 2. The topological polar surface area (TPSA) is 104 Å². The Balaban J connectivity index is 1.37. The second-order valence-corrected chi connectivity index (χ2v) is 8.24. The second kappa shape index (κ2) is 10.4. The Morgan fingerprint density at radius 1 is 0.943 bits per heavy atom. The van der Waals surface area contributed by atoms with Gasteiger partial charge in [-0.25, -0.2) is 18.7 Å². The van der Waals surface area contributed by atoms with Gasteiger partial charge in [-0.05, 0) is 44.0 Å². The van der Waals surface area contributed by atoms with Crippen LogP contribution in [0.5, 0.6) is 0 Å². The number of carbonyl (C=O) groups is 3. The molecule has 0 aliphatic carbocycles. The molecule has 1 aliphatic heterocycles. The van der Waals surface area contributed by atoms with E-state index in [-0.39, 0.29) is 23.5 Å². The van der Waals surface area contributed by atoms with Gasteiger partial charge in [0.15, 0.2) is 11.5 Å². The standard InChI is InChI=1S/C25H23F2N5O3/c1-15-2-4-16(5-3-15)25(35)32-12-8-18(9-13-32)30-24(34)21-22(29-11-10-28-21)31-23(33)19-7-6-17(26)14-20(19)27/h2-7,10-11,14,18H,8-9,12-13H2,1H3,(H,30,34)(H,29,31,33). The van der Waals surface area contributed by atoms with E-state index in [1.807, 2.05) is 19.1 Å². The van der Waals surface area contributed by atoms with Crippen molar-refractivity contribution < 1.29 is 23.2 Å². The summed E-state index contributed by atoms with van der Waals surface area (Å²) in [6, 6.07) is 9.73. The van der Waals surface area contributed by atoms with Crippen LogP contribution in [0.2, 0.25) is 0 Å². The fourth-order valence-corrected chi connectivity index (χ4v) is 3.80. The molecule has 3 amide bonds. The van der Waals surface area contributed by atoms with Crippen molar-refractivity contribution in [1.82, 2.24) is 20.2 Å². The van der Waals surface area contributed by atoms with Gasteiger partial charge in [0.1, 0.15) is 11.6 Å². The summed E-state index contributed by atoms with van der Waals surface area (Å²) in [6.07, 6.45) is 3.67. The SMILES string of the molecule is Cc1ccc(C(=O)N2CCC(NC(=O)c3nccnc3NC(=O)c3ccc(F)cc3F)CC2)cc1. The van der Waals surface area contributed by atoms with Crippen molar-refractivity contribution in [3.05, 3.63) is 88.9 Å². The fourth-order valence-electron chi connectivity index (χ4n) is 3.80. The van der Waals surface area contributed by atoms with E-state index in [1.54, 1.807) is 17.0 Å². The average molecular weight is 479 g/mol. The summed E-state index contributed by atoms with van der Waals surface area (Å²) in [5.74, 6) is -3.50. The molecule has 180 valence electrons. The van der Waals surface area contributed by atoms with E-state index in [1.165, 1.54) is 12.4 Å². The highest BCUT2D eigenvalue weighted by atomic mass is 19.1. The predicted molar refractivity (Wildman–Crippen MR) is 124 cm³/mol. The lowest BCUT2D eigenvalue weighted by atomic mass is 10.0. The number of benzene rings is 2. The Morgan fingerprint density at radius 2 is 1.63 bits per heavy atom. The molecule has 0 radical (unpaired) electrons. The van der Waals surface area contributed by atoms with E-state index in [0.29, 0.717) is 37.6 Å². The Morgan fingerprint density at radius 3 is 2.31 bits per heavy atom. The highest BCUT2D eigenvalue weighted by Crippen LogP contribution is 2.17. The summed E-state index contributed by atoms with van der Waals surface area (Å²) in [6.45, 7) is 2.91. The molecule has 0 saturated carbocycles. The molecule has 0 bridgehead atoms. The minimum atomic E-state index is -1.04. The minimum Gasteiger partial charge on any atom is -0.348 e. The number of anilines is 1. The maximum Gasteiger partial charge on any atom is 0.273 e. The first-order valence-electron chi connectivity index (χ1n) is 11.1. The van der Waals surface area contributed by atoms with Crippen LogP contribution in [0.3, 0.4) is 0 Å². The average Bonchev–Trinajstić information content (AvgIpc) is 2.85. The summed E-state index contributed by atoms with van der Waals surface area (Å²) >= 11 is 0. The van der Waals surface area contributed by atoms with Gasteiger partial charge in [0.05, 0.1) is 5.56 Å². The Hall–Kier alpha value is -4.21. The third kappa shape index (κ3) is 5.65. The van der Waals surface area contributed by atoms with Crippen LogP contribution in [0.4, 0.5) is 14.6 Å². The van der Waals surface area contributed by atoms with Crippen LogP contribution in [-0.4, -0.2) is 51.7 Å². The van der Waals surface area contributed by atoms with Gasteiger partial charge in [-0.1, -0.05) is 17.7 Å². The zero-order valence-electron chi connectivity index (χ0n) is 18.9. The zero-order chi connectivity index (χ0) is 24.9. The van der Waals surface area contributed by atoms with Gasteiger partial charge in [-0.3, -0.25) is 14.4 Å². The van der Waals surface area contributed by atoms with Gasteiger partial charge in [0.25, 0.3) is 17.7 Å². The molecule has 35 heavy (non-hydrogen) atoms. The molecule has 8 nitrogen and oxygen atoms in total. The lowest BCUT2D eigenvalue weighted by molar-refractivity contribution is 0.0697. The maximum absolute atomic E-state index is 13.9. The van der Waals surface area contributed by atoms with Crippen LogP contribution in [0.25, 0.3) is 0 Å². The number of likely N-dealkylation sites (tertiary alicyclic amines) is 1. The number of aryl methyl sites for hydroxylation is 1. The normalized spacial score (nSPS) is 13.9. The second-order valence-electron chi connectivity index (χ2n) is 8.24. The zero-order valence-corrected chi connectivity index (χ0v) is 18.9. The van der Waals surface area contributed by atoms with Crippen LogP contribution in [-0.2, 0) is 0 Å². The predicted octanol–water partition coefficient (Wildman–Crippen LogP) is 3.35. The molecule has 1 fully saturated rings. The molecule has 10 heteroatoms. The third-order valence-corrected chi connectivity index (χ3v) is 5.74. The molecule has 0 spiro atoms. The number of hydrogen-bond acceptors (Lipinski definition) is 5. The number of hydrogen-bond donors (Lipinski definition) is 2. The lowest BCUT2D eigenvalue weighted by Crippen LogP contribution is -2.46. The van der Waals surface area contributed by atoms with Gasteiger partial charge in [-0.15, -0.1) is 0 Å². The molecule has 0 unspecified atom stereocenters. The van der Waals surface area contributed by atoms with Crippen molar-refractivity contribution in [3.63, 3.8) is 0 Å². The molecule has 4 rings (SSSR count). The number of piperidine rings is 1. The summed E-state index contributed by atoms with van der Waals surface area (Å²) in [5, 5.41) is 5.22. The molecule has 2 N–H and O–H groups in total. The van der Waals surface area contributed by atoms with E-state index in [2.05, 4.69) is 20.6 Å². The molecule has 3 aromatic rings. The smallest absolute Gasteiger partial charge is 0.273 e. The van der Waals surface area contributed by atoms with Crippen molar-refractivity contribution in [2.75, 3.05) is 18.4 Å². The monoisotopic (exact) mass is 479 g/mol. The largest absolute Gasteiger partial charge is 0.348 e. The maximum atomic E-state index is 13.9. The van der Waals surface area contributed by atoms with E-state index < -0.39 is 29.0 Å². The summed E-state index contributed by atoms with van der Waals surface area (Å²) < 4.78 is 27.1. The molecule has 0 atom stereocenters. The number of rotatable bonds is 5. The number of aromatic nitrogens is 2. The van der Waals surface area contributed by atoms with Crippen LogP contribution < -0.4 is 10.6 Å². The van der Waals surface area contributed by atoms with Crippen molar-refractivity contribution in [2.24, 2.45) is 0 Å². The molecule has 1 aliphatic rings. The Kier molecular flexibility index (Phi) is 7.09. The Labute approximate surface area is 200 Å². The van der Waals surface area contributed by atoms with Gasteiger partial charge in [-0.2, -0.15) is 0 Å². The van der Waals surface area contributed by atoms with Crippen LogP contribution >= 0.6 is 0 Å². The van der Waals surface area contributed by atoms with Gasteiger partial charge in [0, 0.05) is 43.2 Å². The van der Waals surface area contributed by atoms with Crippen molar-refractivity contribution >= 4 is 23.5 Å². The van der Waals surface area contributed by atoms with Gasteiger partial charge < -0.3 is 15.5 Å². The minimum absolute atomic E-state index is 0.0540. The molecular formula is C25H23F2N5O3. The molecule has 1 saturated heterocycles. The third-order valence-electron chi connectivity index (χ3n) is 5.74. The molecule has 2 aromatic carbocycles. The molecule has 1 aromatic heterocycles. The summed E-state index contributed by atoms with van der Waals surface area (Å²) in [7, 11) is 0. The highest BCUT2D eigenvalue weighted by Gasteiger charge is 2.26. The van der Waals surface area contributed by atoms with E-state index in [4.69, 9.17) is 0 Å². The van der Waals surface area contributed by atoms with Gasteiger partial charge >= 0.3 is 0 Å². The van der Waals surface area contributed by atoms with Gasteiger partial charge in [0.2, 0.25) is 0 Å². The fraction of sp³-hybridized carbons (Fsp3) is 0.240. The van der Waals surface area contributed by atoms with E-state index >= 15 is 0 Å². The number of nitrogens with one attached hydrogen (secondary N) is 2. The Bertz CT molecular complexity index is 1260. The quantitative estimate of drug-likeness (QED) is 0.584. The molecular weight excluding hydrogens is 456 g/mol. The summed E-state index contributed by atoms with van der Waals surface area (Å²) in [4.78, 5) is 47.7. The molecule has 2 heterocycles. The highest BCUT2D eigenvalue weighted by molar-refractivity contribution is 6.07. The first kappa shape index (κ1) is 23.9. The van der Waals surface area contributed by atoms with Crippen molar-refractivity contribution in [2.45, 2.75) is 25.8 Å². The number of nitrogens with zero attached hydrogens (tertiary/aromatic N) is 3. The van der Waals surface area contributed by atoms with E-state index in [9.17, 15) is 23.2 Å². The van der Waals surface area contributed by atoms with Crippen molar-refractivity contribution in [1.29, 1.82) is 0 Å². The first-order valence-corrected chi connectivity index (χ1v) is 11.1. The number of carbonyl (C=O) groups excluding carboxylic acids is 3. The van der Waals surface area contributed by atoms with Crippen LogP contribution in [0, 0.1) is 18.6 Å². The van der Waals surface area contributed by atoms with Crippen LogP contribution in [0.15, 0.2) is 54.9 Å². The van der Waals surface area contributed by atoms with Crippen molar-refractivity contribution in [3.8, 4) is 0 Å².